The number of cyclic esters (lactones) is 1. The van der Waals surface area contributed by atoms with Crippen LogP contribution in [0.3, 0.4) is 0 Å². The van der Waals surface area contributed by atoms with E-state index in [1.807, 2.05) is 0 Å². The van der Waals surface area contributed by atoms with Crippen LogP contribution < -0.4 is 14.8 Å². The molecule has 2 aliphatic heterocycles. The van der Waals surface area contributed by atoms with Crippen molar-refractivity contribution in [2.45, 2.75) is 64.6 Å². The summed E-state index contributed by atoms with van der Waals surface area (Å²) >= 11 is 0. The molecule has 0 aromatic heterocycles. The van der Waals surface area contributed by atoms with Crippen LogP contribution >= 0.6 is 0 Å². The Morgan fingerprint density at radius 2 is 2.03 bits per heavy atom. The van der Waals surface area contributed by atoms with E-state index in [1.165, 1.54) is 19.1 Å². The molecule has 2 amide bonds. The maximum absolute atomic E-state index is 13.0. The summed E-state index contributed by atoms with van der Waals surface area (Å²) in [6, 6.07) is 2.68. The Morgan fingerprint density at radius 1 is 1.26 bits per heavy atom. The molecule has 0 aliphatic carbocycles. The molecule has 1 aromatic rings. The Balaban J connectivity index is 1.80. The van der Waals surface area contributed by atoms with E-state index in [4.69, 9.17) is 14.2 Å². The van der Waals surface area contributed by atoms with Crippen LogP contribution in [-0.2, 0) is 14.3 Å². The van der Waals surface area contributed by atoms with Crippen LogP contribution in [0, 0.1) is 5.92 Å². The van der Waals surface area contributed by atoms with E-state index < -0.39 is 18.2 Å². The molecule has 1 fully saturated rings. The van der Waals surface area contributed by atoms with E-state index in [0.29, 0.717) is 30.2 Å². The minimum Gasteiger partial charge on any atom is -0.493 e. The van der Waals surface area contributed by atoms with Gasteiger partial charge in [-0.05, 0) is 30.9 Å². The van der Waals surface area contributed by atoms with Crippen molar-refractivity contribution >= 4 is 17.8 Å². The molecule has 3 atom stereocenters. The number of methoxy groups -OCH3 is 2. The van der Waals surface area contributed by atoms with Crippen LogP contribution in [0.15, 0.2) is 12.1 Å². The number of carbonyl (C=O) groups is 3. The number of nitrogens with one attached hydrogen (secondary N) is 1. The minimum absolute atomic E-state index is 0.203. The zero-order chi connectivity index (χ0) is 22.5. The Bertz CT molecular complexity index is 840. The van der Waals surface area contributed by atoms with Crippen molar-refractivity contribution in [1.82, 2.24) is 10.2 Å². The van der Waals surface area contributed by atoms with Crippen molar-refractivity contribution in [3.63, 3.8) is 0 Å². The quantitative estimate of drug-likeness (QED) is 0.571. The van der Waals surface area contributed by atoms with E-state index in [1.54, 1.807) is 12.1 Å². The first-order chi connectivity index (χ1) is 15.0. The Hall–Kier alpha value is -2.77. The third kappa shape index (κ3) is 4.48. The van der Waals surface area contributed by atoms with Crippen molar-refractivity contribution in [3.05, 3.63) is 23.3 Å². The van der Waals surface area contributed by atoms with Gasteiger partial charge in [-0.1, -0.05) is 33.1 Å². The number of carbonyl (C=O) groups excluding carboxylic acids is 3. The van der Waals surface area contributed by atoms with Gasteiger partial charge in [0.15, 0.2) is 11.5 Å². The molecular weight excluding hydrogens is 400 g/mol. The molecule has 0 spiro atoms. The summed E-state index contributed by atoms with van der Waals surface area (Å²) in [5, 5.41) is 3.02. The molecular formula is C23H32N2O6. The van der Waals surface area contributed by atoms with Crippen LogP contribution in [-0.4, -0.2) is 49.5 Å². The molecule has 31 heavy (non-hydrogen) atoms. The average molecular weight is 433 g/mol. The summed E-state index contributed by atoms with van der Waals surface area (Å²) in [6.07, 6.45) is 3.99. The third-order valence-corrected chi connectivity index (χ3v) is 6.19. The predicted octanol–water partition coefficient (Wildman–Crippen LogP) is 3.20. The Labute approximate surface area is 183 Å². The number of unbranched alkanes of at least 4 members (excludes halogenated alkanes) is 1. The molecule has 2 aliphatic rings. The van der Waals surface area contributed by atoms with Crippen molar-refractivity contribution in [2.24, 2.45) is 5.92 Å². The molecule has 1 N–H and O–H groups in total. The fraction of sp³-hybridized carbons (Fsp3) is 0.609. The largest absolute Gasteiger partial charge is 0.493 e. The standard InChI is InChI=1S/C23H32N2O6/c1-5-7-8-14(6-2)13-24-21(27)16-10-12-18(26)25(16)22-15-9-11-17(29-3)20(30-4)19(15)23(28)31-22/h9,11,14,16,22H,5-8,10,12-13H2,1-4H3,(H,24,27)/t14-,16-,22-/m0/s1. The Kier molecular flexibility index (Phi) is 7.41. The monoisotopic (exact) mass is 432 g/mol. The van der Waals surface area contributed by atoms with Crippen LogP contribution in [0.5, 0.6) is 11.5 Å². The van der Waals surface area contributed by atoms with Gasteiger partial charge in [-0.15, -0.1) is 0 Å². The second-order valence-electron chi connectivity index (χ2n) is 8.04. The SMILES string of the molecule is CCCC[C@H](CC)CNC(=O)[C@@H]1CCC(=O)N1[C@H]1OC(=O)c2c1ccc(OC)c2OC. The number of amides is 2. The maximum Gasteiger partial charge on any atom is 0.344 e. The lowest BCUT2D eigenvalue weighted by atomic mass is 9.99. The fourth-order valence-corrected chi connectivity index (χ4v) is 4.35. The zero-order valence-electron chi connectivity index (χ0n) is 18.7. The fourth-order valence-electron chi connectivity index (χ4n) is 4.35. The molecule has 0 saturated carbocycles. The van der Waals surface area contributed by atoms with Crippen LogP contribution in [0.2, 0.25) is 0 Å². The molecule has 170 valence electrons. The van der Waals surface area contributed by atoms with E-state index in [0.717, 1.165) is 25.7 Å². The summed E-state index contributed by atoms with van der Waals surface area (Å²) in [5.74, 6) is 0.0706. The number of hydrogen-bond acceptors (Lipinski definition) is 6. The Morgan fingerprint density at radius 3 is 2.68 bits per heavy atom. The topological polar surface area (TPSA) is 94.2 Å². The lowest BCUT2D eigenvalue weighted by molar-refractivity contribution is -0.145. The molecule has 1 aromatic carbocycles. The number of esters is 1. The highest BCUT2D eigenvalue weighted by Crippen LogP contribution is 2.45. The summed E-state index contributed by atoms with van der Waals surface area (Å²) in [6.45, 7) is 4.85. The highest BCUT2D eigenvalue weighted by Gasteiger charge is 2.47. The van der Waals surface area contributed by atoms with E-state index in [2.05, 4.69) is 19.2 Å². The van der Waals surface area contributed by atoms with Crippen molar-refractivity contribution in [2.75, 3.05) is 20.8 Å². The molecule has 1 saturated heterocycles. The van der Waals surface area contributed by atoms with Gasteiger partial charge in [0.25, 0.3) is 0 Å². The summed E-state index contributed by atoms with van der Waals surface area (Å²) in [5.41, 5.74) is 0.737. The minimum atomic E-state index is -0.949. The number of fused-ring (bicyclic) bond motifs is 1. The molecule has 0 unspecified atom stereocenters. The van der Waals surface area contributed by atoms with Gasteiger partial charge in [-0.2, -0.15) is 0 Å². The number of rotatable bonds is 10. The van der Waals surface area contributed by atoms with Gasteiger partial charge in [-0.25, -0.2) is 4.79 Å². The second-order valence-corrected chi connectivity index (χ2v) is 8.04. The summed E-state index contributed by atoms with van der Waals surface area (Å²) in [7, 11) is 2.93. The number of likely N-dealkylation sites (tertiary alicyclic amines) is 1. The first kappa shape index (κ1) is 22.9. The number of benzene rings is 1. The van der Waals surface area contributed by atoms with Gasteiger partial charge in [0, 0.05) is 18.5 Å². The van der Waals surface area contributed by atoms with Gasteiger partial charge in [0.05, 0.1) is 14.2 Å². The van der Waals surface area contributed by atoms with Crippen molar-refractivity contribution in [3.8, 4) is 11.5 Å². The van der Waals surface area contributed by atoms with Crippen LogP contribution in [0.4, 0.5) is 0 Å². The third-order valence-electron chi connectivity index (χ3n) is 6.19. The predicted molar refractivity (Wildman–Crippen MR) is 114 cm³/mol. The molecule has 2 heterocycles. The van der Waals surface area contributed by atoms with Crippen LogP contribution in [0.1, 0.15) is 74.5 Å². The maximum atomic E-state index is 13.0. The first-order valence-corrected chi connectivity index (χ1v) is 11.0. The summed E-state index contributed by atoms with van der Waals surface area (Å²) in [4.78, 5) is 39.7. The van der Waals surface area contributed by atoms with Crippen LogP contribution in [0.25, 0.3) is 0 Å². The smallest absolute Gasteiger partial charge is 0.344 e. The van der Waals surface area contributed by atoms with Gasteiger partial charge < -0.3 is 19.5 Å². The van der Waals surface area contributed by atoms with Gasteiger partial charge in [-0.3, -0.25) is 14.5 Å². The van der Waals surface area contributed by atoms with Gasteiger partial charge >= 0.3 is 5.97 Å². The first-order valence-electron chi connectivity index (χ1n) is 11.0. The van der Waals surface area contributed by atoms with E-state index >= 15 is 0 Å². The van der Waals surface area contributed by atoms with E-state index in [-0.39, 0.29) is 29.5 Å². The lowest BCUT2D eigenvalue weighted by Gasteiger charge is -2.29. The normalized spacial score (nSPS) is 21.0. The van der Waals surface area contributed by atoms with Gasteiger partial charge in [0.2, 0.25) is 18.0 Å². The average Bonchev–Trinajstić information content (AvgIpc) is 3.32. The van der Waals surface area contributed by atoms with E-state index in [9.17, 15) is 14.4 Å². The molecule has 0 radical (unpaired) electrons. The molecule has 8 heteroatoms. The molecule has 3 rings (SSSR count). The highest BCUT2D eigenvalue weighted by atomic mass is 16.6. The van der Waals surface area contributed by atoms with Crippen molar-refractivity contribution < 1.29 is 28.6 Å². The lowest BCUT2D eigenvalue weighted by Crippen LogP contribution is -2.47. The number of nitrogens with zero attached hydrogens (tertiary/aromatic N) is 1. The van der Waals surface area contributed by atoms with Crippen molar-refractivity contribution in [1.29, 1.82) is 0 Å². The second kappa shape index (κ2) is 10.0. The zero-order valence-corrected chi connectivity index (χ0v) is 18.7. The molecule has 0 bridgehead atoms. The summed E-state index contributed by atoms with van der Waals surface area (Å²) < 4.78 is 16.2. The number of ether oxygens (including phenoxy) is 3. The number of hydrogen-bond donors (Lipinski definition) is 1. The molecule has 8 nitrogen and oxygen atoms in total. The van der Waals surface area contributed by atoms with Gasteiger partial charge in [0.1, 0.15) is 11.6 Å². The highest BCUT2D eigenvalue weighted by molar-refractivity contribution is 5.99.